The van der Waals surface area contributed by atoms with Crippen molar-refractivity contribution in [2.24, 2.45) is 5.41 Å². The Balaban J connectivity index is 4.95. The lowest BCUT2D eigenvalue weighted by Gasteiger charge is -2.40. The predicted molar refractivity (Wildman–Crippen MR) is 77.6 cm³/mol. The summed E-state index contributed by atoms with van der Waals surface area (Å²) in [6.45, 7) is 12.1. The Morgan fingerprint density at radius 2 is 1.21 bits per heavy atom. The first-order valence-electron chi connectivity index (χ1n) is 6.77. The minimum atomic E-state index is -0.238. The quantitative estimate of drug-likeness (QED) is 0.649. The summed E-state index contributed by atoms with van der Waals surface area (Å²) in [5.41, 5.74) is -0.613. The van der Waals surface area contributed by atoms with E-state index in [4.69, 9.17) is 18.9 Å². The molecular formula is C15H32O4. The van der Waals surface area contributed by atoms with Gasteiger partial charge in [-0.15, -0.1) is 0 Å². The first-order chi connectivity index (χ1) is 8.60. The Bertz CT molecular complexity index is 237. The van der Waals surface area contributed by atoms with E-state index in [9.17, 15) is 0 Å². The molecule has 0 radical (unpaired) electrons. The Hall–Kier alpha value is -0.160. The van der Waals surface area contributed by atoms with E-state index >= 15 is 0 Å². The first kappa shape index (κ1) is 18.8. The average molecular weight is 276 g/mol. The lowest BCUT2D eigenvalue weighted by atomic mass is 9.79. The molecule has 0 N–H and O–H groups in total. The summed E-state index contributed by atoms with van der Waals surface area (Å²) in [5, 5.41) is 0. The monoisotopic (exact) mass is 276 g/mol. The molecule has 0 aliphatic carbocycles. The minimum Gasteiger partial charge on any atom is -0.384 e. The van der Waals surface area contributed by atoms with Gasteiger partial charge in [-0.1, -0.05) is 0 Å². The second-order valence-corrected chi connectivity index (χ2v) is 6.91. The Morgan fingerprint density at radius 1 is 0.737 bits per heavy atom. The number of hydrogen-bond donors (Lipinski definition) is 0. The molecule has 0 spiro atoms. The Morgan fingerprint density at radius 3 is 1.53 bits per heavy atom. The molecule has 0 unspecified atom stereocenters. The number of ether oxygens (including phenoxy) is 4. The number of hydrogen-bond acceptors (Lipinski definition) is 4. The summed E-state index contributed by atoms with van der Waals surface area (Å²) in [5.74, 6) is 0. The van der Waals surface area contributed by atoms with Gasteiger partial charge >= 0.3 is 0 Å². The summed E-state index contributed by atoms with van der Waals surface area (Å²) in [6, 6.07) is 0. The molecular weight excluding hydrogens is 244 g/mol. The molecule has 0 aliphatic heterocycles. The van der Waals surface area contributed by atoms with Crippen molar-refractivity contribution < 1.29 is 18.9 Å². The van der Waals surface area contributed by atoms with Crippen LogP contribution in [0.25, 0.3) is 0 Å². The molecule has 0 atom stereocenters. The standard InChI is InChI=1S/C15H32O4/c1-13(2,3)19-12-15(10-16-6,11-17-7)9-14(4,5)18-8/h9-12H2,1-8H3. The molecule has 19 heavy (non-hydrogen) atoms. The fourth-order valence-electron chi connectivity index (χ4n) is 2.24. The van der Waals surface area contributed by atoms with Crippen LogP contribution in [0.1, 0.15) is 41.0 Å². The Kier molecular flexibility index (Phi) is 7.51. The molecule has 116 valence electrons. The molecule has 4 heteroatoms. The van der Waals surface area contributed by atoms with Crippen molar-refractivity contribution in [1.29, 1.82) is 0 Å². The van der Waals surface area contributed by atoms with Crippen molar-refractivity contribution in [3.63, 3.8) is 0 Å². The average Bonchev–Trinajstić information content (AvgIpc) is 2.26. The molecule has 0 rings (SSSR count). The van der Waals surface area contributed by atoms with Crippen LogP contribution in [0.15, 0.2) is 0 Å². The van der Waals surface area contributed by atoms with Gasteiger partial charge in [0, 0.05) is 26.7 Å². The normalized spacial score (nSPS) is 13.9. The van der Waals surface area contributed by atoms with Crippen molar-refractivity contribution in [3.8, 4) is 0 Å². The van der Waals surface area contributed by atoms with Crippen molar-refractivity contribution >= 4 is 0 Å². The van der Waals surface area contributed by atoms with Crippen molar-refractivity contribution in [3.05, 3.63) is 0 Å². The molecule has 0 heterocycles. The van der Waals surface area contributed by atoms with E-state index in [0.29, 0.717) is 19.8 Å². The minimum absolute atomic E-state index is 0.177. The maximum absolute atomic E-state index is 5.97. The third kappa shape index (κ3) is 7.88. The van der Waals surface area contributed by atoms with E-state index < -0.39 is 0 Å². The third-order valence-corrected chi connectivity index (χ3v) is 3.07. The molecule has 0 aromatic rings. The molecule has 0 aliphatic rings. The third-order valence-electron chi connectivity index (χ3n) is 3.07. The van der Waals surface area contributed by atoms with Gasteiger partial charge in [0.05, 0.1) is 31.0 Å². The number of rotatable bonds is 9. The van der Waals surface area contributed by atoms with E-state index in [1.54, 1.807) is 21.3 Å². The zero-order chi connectivity index (χ0) is 15.2. The smallest absolute Gasteiger partial charge is 0.0630 e. The molecule has 0 fully saturated rings. The van der Waals surface area contributed by atoms with Crippen LogP contribution >= 0.6 is 0 Å². The summed E-state index contributed by atoms with van der Waals surface area (Å²) in [7, 11) is 5.15. The van der Waals surface area contributed by atoms with E-state index in [0.717, 1.165) is 6.42 Å². The molecule has 0 bridgehead atoms. The highest BCUT2D eigenvalue weighted by Gasteiger charge is 2.38. The Labute approximate surface area is 118 Å². The zero-order valence-electron chi connectivity index (χ0n) is 14.0. The van der Waals surface area contributed by atoms with Crippen LogP contribution in [0.2, 0.25) is 0 Å². The van der Waals surface area contributed by atoms with Gasteiger partial charge in [-0.05, 0) is 41.0 Å². The summed E-state index contributed by atoms with van der Waals surface area (Å²) in [4.78, 5) is 0. The highest BCUT2D eigenvalue weighted by Crippen LogP contribution is 2.33. The van der Waals surface area contributed by atoms with Crippen LogP contribution < -0.4 is 0 Å². The van der Waals surface area contributed by atoms with Gasteiger partial charge in [0.1, 0.15) is 0 Å². The number of methoxy groups -OCH3 is 3. The van der Waals surface area contributed by atoms with E-state index in [1.807, 2.05) is 0 Å². The van der Waals surface area contributed by atoms with Gasteiger partial charge in [-0.2, -0.15) is 0 Å². The summed E-state index contributed by atoms with van der Waals surface area (Å²) >= 11 is 0. The molecule has 0 aromatic heterocycles. The van der Waals surface area contributed by atoms with E-state index in [-0.39, 0.29) is 16.6 Å². The van der Waals surface area contributed by atoms with Crippen molar-refractivity contribution in [1.82, 2.24) is 0 Å². The topological polar surface area (TPSA) is 36.9 Å². The summed E-state index contributed by atoms with van der Waals surface area (Å²) in [6.07, 6.45) is 0.814. The maximum Gasteiger partial charge on any atom is 0.0630 e. The van der Waals surface area contributed by atoms with Crippen LogP contribution in [-0.2, 0) is 18.9 Å². The maximum atomic E-state index is 5.97. The van der Waals surface area contributed by atoms with Crippen LogP contribution in [0.3, 0.4) is 0 Å². The molecule has 0 amide bonds. The van der Waals surface area contributed by atoms with Gasteiger partial charge in [-0.3, -0.25) is 0 Å². The summed E-state index contributed by atoms with van der Waals surface area (Å²) < 4.78 is 22.3. The lowest BCUT2D eigenvalue weighted by Crippen LogP contribution is -2.45. The van der Waals surface area contributed by atoms with Gasteiger partial charge in [0.15, 0.2) is 0 Å². The van der Waals surface area contributed by atoms with Crippen LogP contribution in [0.5, 0.6) is 0 Å². The van der Waals surface area contributed by atoms with Crippen molar-refractivity contribution in [2.45, 2.75) is 52.2 Å². The molecule has 0 saturated heterocycles. The van der Waals surface area contributed by atoms with Gasteiger partial charge in [0.25, 0.3) is 0 Å². The largest absolute Gasteiger partial charge is 0.384 e. The van der Waals surface area contributed by atoms with E-state index in [1.165, 1.54) is 0 Å². The molecule has 4 nitrogen and oxygen atoms in total. The highest BCUT2D eigenvalue weighted by atomic mass is 16.5. The lowest BCUT2D eigenvalue weighted by molar-refractivity contribution is -0.128. The van der Waals surface area contributed by atoms with E-state index in [2.05, 4.69) is 34.6 Å². The highest BCUT2D eigenvalue weighted by molar-refractivity contribution is 4.87. The zero-order valence-corrected chi connectivity index (χ0v) is 14.0. The fraction of sp³-hybridized carbons (Fsp3) is 1.00. The molecule has 0 aromatic carbocycles. The van der Waals surface area contributed by atoms with Crippen molar-refractivity contribution in [2.75, 3.05) is 41.2 Å². The first-order valence-corrected chi connectivity index (χ1v) is 6.77. The van der Waals surface area contributed by atoms with Crippen LogP contribution in [0.4, 0.5) is 0 Å². The van der Waals surface area contributed by atoms with Crippen LogP contribution in [0, 0.1) is 5.41 Å². The van der Waals surface area contributed by atoms with Gasteiger partial charge in [-0.25, -0.2) is 0 Å². The molecule has 0 saturated carbocycles. The van der Waals surface area contributed by atoms with Crippen LogP contribution in [-0.4, -0.2) is 52.4 Å². The predicted octanol–water partition coefficient (Wildman–Crippen LogP) is 2.90. The fourth-order valence-corrected chi connectivity index (χ4v) is 2.24. The second-order valence-electron chi connectivity index (χ2n) is 6.91. The SMILES string of the molecule is COCC(COC)(COC(C)(C)C)CC(C)(C)OC. The second kappa shape index (κ2) is 7.58. The van der Waals surface area contributed by atoms with Gasteiger partial charge in [0.2, 0.25) is 0 Å². The van der Waals surface area contributed by atoms with Gasteiger partial charge < -0.3 is 18.9 Å².